The summed E-state index contributed by atoms with van der Waals surface area (Å²) in [6.45, 7) is 0. The Hall–Kier alpha value is -4.33. The third-order valence-electron chi connectivity index (χ3n) is 4.18. The van der Waals surface area contributed by atoms with Crippen LogP contribution in [0.4, 0.5) is 5.69 Å². The summed E-state index contributed by atoms with van der Waals surface area (Å²) < 4.78 is 10.3. The monoisotopic (exact) mass is 406 g/mol. The Bertz CT molecular complexity index is 1090. The number of hydrogen-bond donors (Lipinski definition) is 3. The van der Waals surface area contributed by atoms with Crippen LogP contribution in [-0.2, 0) is 4.74 Å². The second-order valence-corrected chi connectivity index (χ2v) is 6.16. The van der Waals surface area contributed by atoms with Gasteiger partial charge in [-0.25, -0.2) is 4.79 Å². The molecule has 0 radical (unpaired) electrons. The fraction of sp³-hybridized carbons (Fsp3) is 0.0455. The van der Waals surface area contributed by atoms with Crippen LogP contribution in [0, 0.1) is 0 Å². The van der Waals surface area contributed by atoms with Gasteiger partial charge in [0.05, 0.1) is 12.8 Å². The van der Waals surface area contributed by atoms with Crippen molar-refractivity contribution >= 4 is 23.5 Å². The number of anilines is 1. The Kier molecular flexibility index (Phi) is 5.97. The molecule has 2 amide bonds. The molecule has 0 spiro atoms. The predicted octanol–water partition coefficient (Wildman–Crippen LogP) is 3.32. The van der Waals surface area contributed by atoms with Gasteiger partial charge in [-0.2, -0.15) is 0 Å². The van der Waals surface area contributed by atoms with Crippen LogP contribution in [0.5, 0.6) is 17.2 Å². The molecule has 0 heterocycles. The summed E-state index contributed by atoms with van der Waals surface area (Å²) in [7, 11) is 1.20. The molecule has 0 unspecified atom stereocenters. The number of esters is 1. The minimum Gasteiger partial charge on any atom is -0.505 e. The van der Waals surface area contributed by atoms with Gasteiger partial charge in [0.25, 0.3) is 5.91 Å². The summed E-state index contributed by atoms with van der Waals surface area (Å²) in [4.78, 5) is 35.2. The summed E-state index contributed by atoms with van der Waals surface area (Å²) in [5.74, 6) is -1.12. The van der Waals surface area contributed by atoms with Gasteiger partial charge in [0, 0.05) is 11.1 Å². The van der Waals surface area contributed by atoms with Gasteiger partial charge in [0.2, 0.25) is 5.91 Å². The van der Waals surface area contributed by atoms with Crippen molar-refractivity contribution in [3.8, 4) is 17.2 Å². The maximum atomic E-state index is 12.5. The normalized spacial score (nSPS) is 10.2. The molecule has 152 valence electrons. The second-order valence-electron chi connectivity index (χ2n) is 6.16. The maximum Gasteiger partial charge on any atom is 0.341 e. The number of para-hydroxylation sites is 1. The Labute approximate surface area is 171 Å². The van der Waals surface area contributed by atoms with Crippen molar-refractivity contribution in [2.24, 2.45) is 5.73 Å². The van der Waals surface area contributed by atoms with Crippen LogP contribution in [0.15, 0.2) is 66.7 Å². The summed E-state index contributed by atoms with van der Waals surface area (Å²) in [6, 6.07) is 17.0. The largest absolute Gasteiger partial charge is 0.505 e. The van der Waals surface area contributed by atoms with Crippen LogP contribution in [0.3, 0.4) is 0 Å². The molecule has 8 heteroatoms. The predicted molar refractivity (Wildman–Crippen MR) is 109 cm³/mol. The number of benzene rings is 3. The number of carbonyl (C=O) groups excluding carboxylic acids is 3. The molecule has 0 fully saturated rings. The SMILES string of the molecule is COC(=O)c1cccc(NC(=O)c2ccc(Oc3ccc(C(N)=O)cc3)cc2)c1O. The molecule has 0 aliphatic carbocycles. The van der Waals surface area contributed by atoms with Crippen LogP contribution in [-0.4, -0.2) is 30.0 Å². The molecule has 3 rings (SSSR count). The Morgan fingerprint density at radius 3 is 1.97 bits per heavy atom. The molecule has 0 atom stereocenters. The summed E-state index contributed by atoms with van der Waals surface area (Å²) >= 11 is 0. The van der Waals surface area contributed by atoms with E-state index in [0.29, 0.717) is 22.6 Å². The zero-order valence-corrected chi connectivity index (χ0v) is 15.9. The number of hydrogen-bond acceptors (Lipinski definition) is 6. The first-order valence-corrected chi connectivity index (χ1v) is 8.78. The zero-order chi connectivity index (χ0) is 21.7. The maximum absolute atomic E-state index is 12.5. The van der Waals surface area contributed by atoms with Crippen molar-refractivity contribution in [1.29, 1.82) is 0 Å². The molecule has 3 aromatic carbocycles. The van der Waals surface area contributed by atoms with Crippen molar-refractivity contribution in [2.75, 3.05) is 12.4 Å². The lowest BCUT2D eigenvalue weighted by atomic mass is 10.1. The van der Waals surface area contributed by atoms with Crippen LogP contribution >= 0.6 is 0 Å². The Morgan fingerprint density at radius 2 is 1.43 bits per heavy atom. The van der Waals surface area contributed by atoms with Gasteiger partial charge in [0.1, 0.15) is 17.1 Å². The number of rotatable bonds is 6. The van der Waals surface area contributed by atoms with E-state index in [4.69, 9.17) is 10.5 Å². The van der Waals surface area contributed by atoms with Crippen molar-refractivity contribution < 1.29 is 29.0 Å². The van der Waals surface area contributed by atoms with Gasteiger partial charge >= 0.3 is 5.97 Å². The molecule has 0 aliphatic rings. The lowest BCUT2D eigenvalue weighted by Crippen LogP contribution is -2.13. The third-order valence-corrected chi connectivity index (χ3v) is 4.18. The summed E-state index contributed by atoms with van der Waals surface area (Å²) in [5, 5.41) is 12.7. The van der Waals surface area contributed by atoms with Gasteiger partial charge < -0.3 is 25.6 Å². The van der Waals surface area contributed by atoms with E-state index in [0.717, 1.165) is 0 Å². The fourth-order valence-corrected chi connectivity index (χ4v) is 2.61. The molecular formula is C22H18N2O6. The van der Waals surface area contributed by atoms with Gasteiger partial charge in [-0.05, 0) is 60.7 Å². The lowest BCUT2D eigenvalue weighted by molar-refractivity contribution is 0.0597. The van der Waals surface area contributed by atoms with E-state index in [9.17, 15) is 19.5 Å². The van der Waals surface area contributed by atoms with E-state index in [1.54, 1.807) is 48.5 Å². The zero-order valence-electron chi connectivity index (χ0n) is 15.9. The molecule has 8 nitrogen and oxygen atoms in total. The van der Waals surface area contributed by atoms with E-state index in [1.165, 1.54) is 25.3 Å². The number of nitrogens with two attached hydrogens (primary N) is 1. The van der Waals surface area contributed by atoms with Crippen LogP contribution < -0.4 is 15.8 Å². The minimum atomic E-state index is -0.714. The van der Waals surface area contributed by atoms with Crippen molar-refractivity contribution in [3.63, 3.8) is 0 Å². The van der Waals surface area contributed by atoms with Crippen molar-refractivity contribution in [1.82, 2.24) is 0 Å². The number of ether oxygens (including phenoxy) is 2. The molecule has 30 heavy (non-hydrogen) atoms. The molecule has 0 saturated heterocycles. The van der Waals surface area contributed by atoms with Crippen LogP contribution in [0.2, 0.25) is 0 Å². The first-order valence-electron chi connectivity index (χ1n) is 8.78. The molecule has 0 bridgehead atoms. The highest BCUT2D eigenvalue weighted by molar-refractivity contribution is 6.06. The van der Waals surface area contributed by atoms with Crippen LogP contribution in [0.25, 0.3) is 0 Å². The number of amides is 2. The highest BCUT2D eigenvalue weighted by Crippen LogP contribution is 2.29. The topological polar surface area (TPSA) is 128 Å². The van der Waals surface area contributed by atoms with E-state index < -0.39 is 17.8 Å². The standard InChI is InChI=1S/C22H18N2O6/c1-29-22(28)17-3-2-4-18(19(17)25)24-21(27)14-7-11-16(12-8-14)30-15-9-5-13(6-10-15)20(23)26/h2-12,25H,1H3,(H2,23,26)(H,24,27). The number of carbonyl (C=O) groups is 3. The number of primary amides is 1. The molecule has 4 N–H and O–H groups in total. The Morgan fingerprint density at radius 1 is 0.867 bits per heavy atom. The number of aromatic hydroxyl groups is 1. The number of nitrogens with one attached hydrogen (secondary N) is 1. The highest BCUT2D eigenvalue weighted by atomic mass is 16.5. The highest BCUT2D eigenvalue weighted by Gasteiger charge is 2.16. The number of methoxy groups -OCH3 is 1. The quantitative estimate of drug-likeness (QED) is 0.426. The lowest BCUT2D eigenvalue weighted by Gasteiger charge is -2.11. The van der Waals surface area contributed by atoms with Gasteiger partial charge in [-0.15, -0.1) is 0 Å². The molecular weight excluding hydrogens is 388 g/mol. The minimum absolute atomic E-state index is 0.0543. The summed E-state index contributed by atoms with van der Waals surface area (Å²) in [6.07, 6.45) is 0. The molecule has 0 aliphatic heterocycles. The third kappa shape index (κ3) is 4.56. The molecule has 3 aromatic rings. The fourth-order valence-electron chi connectivity index (χ4n) is 2.61. The first kappa shape index (κ1) is 20.4. The van der Waals surface area contributed by atoms with E-state index in [2.05, 4.69) is 10.1 Å². The van der Waals surface area contributed by atoms with Crippen molar-refractivity contribution in [3.05, 3.63) is 83.4 Å². The van der Waals surface area contributed by atoms with Crippen LogP contribution in [0.1, 0.15) is 31.1 Å². The van der Waals surface area contributed by atoms with Crippen molar-refractivity contribution in [2.45, 2.75) is 0 Å². The second kappa shape index (κ2) is 8.78. The van der Waals surface area contributed by atoms with E-state index in [-0.39, 0.29) is 17.0 Å². The molecule has 0 aromatic heterocycles. The number of phenolic OH excluding ortho intramolecular Hbond substituents is 1. The van der Waals surface area contributed by atoms with E-state index in [1.807, 2.05) is 0 Å². The average Bonchev–Trinajstić information content (AvgIpc) is 2.75. The number of phenols is 1. The molecule has 0 saturated carbocycles. The van der Waals surface area contributed by atoms with Gasteiger partial charge in [-0.1, -0.05) is 6.07 Å². The van der Waals surface area contributed by atoms with Gasteiger partial charge in [-0.3, -0.25) is 9.59 Å². The Balaban J connectivity index is 1.70. The van der Waals surface area contributed by atoms with E-state index >= 15 is 0 Å². The smallest absolute Gasteiger partial charge is 0.341 e. The average molecular weight is 406 g/mol. The van der Waals surface area contributed by atoms with Gasteiger partial charge in [0.15, 0.2) is 5.75 Å². The summed E-state index contributed by atoms with van der Waals surface area (Å²) in [5.41, 5.74) is 5.91. The first-order chi connectivity index (χ1) is 14.4.